The highest BCUT2D eigenvalue weighted by atomic mass is 32.2. The number of aromatic nitrogens is 3. The van der Waals surface area contributed by atoms with Crippen LogP contribution in [-0.2, 0) is 19.0 Å². The van der Waals surface area contributed by atoms with Crippen LogP contribution in [0.1, 0.15) is 27.0 Å². The van der Waals surface area contributed by atoms with E-state index in [1.807, 2.05) is 13.8 Å². The predicted octanol–water partition coefficient (Wildman–Crippen LogP) is 1.85. The lowest BCUT2D eigenvalue weighted by atomic mass is 10.1. The van der Waals surface area contributed by atoms with E-state index in [4.69, 9.17) is 19.9 Å². The van der Waals surface area contributed by atoms with E-state index in [0.717, 1.165) is 11.8 Å². The molecule has 8 nitrogen and oxygen atoms in total. The molecule has 4 heterocycles. The first-order valence-corrected chi connectivity index (χ1v) is 9.16. The van der Waals surface area contributed by atoms with Gasteiger partial charge in [-0.3, -0.25) is 4.79 Å². The van der Waals surface area contributed by atoms with Gasteiger partial charge in [0.2, 0.25) is 0 Å². The highest BCUT2D eigenvalue weighted by molar-refractivity contribution is 8.13. The third kappa shape index (κ3) is 2.86. The minimum Gasteiger partial charge on any atom is -0.383 e. The first-order valence-electron chi connectivity index (χ1n) is 8.18. The summed E-state index contributed by atoms with van der Waals surface area (Å²) in [6.07, 6.45) is 0.697. The second-order valence-corrected chi connectivity index (χ2v) is 7.97. The van der Waals surface area contributed by atoms with Crippen LogP contribution in [-0.4, -0.2) is 49.5 Å². The summed E-state index contributed by atoms with van der Waals surface area (Å²) in [6, 6.07) is 0. The molecule has 2 aromatic heterocycles. The van der Waals surface area contributed by atoms with Crippen molar-refractivity contribution in [2.24, 2.45) is 0 Å². The Bertz CT molecular complexity index is 873. The Labute approximate surface area is 153 Å². The van der Waals surface area contributed by atoms with Crippen LogP contribution in [0.25, 0.3) is 11.0 Å². The van der Waals surface area contributed by atoms with E-state index in [-0.39, 0.29) is 28.5 Å². The fraction of sp³-hybridized carbons (Fsp3) is 0.562. The third-order valence-electron chi connectivity index (χ3n) is 4.44. The molecule has 2 aromatic rings. The van der Waals surface area contributed by atoms with Crippen molar-refractivity contribution in [2.75, 3.05) is 11.5 Å². The van der Waals surface area contributed by atoms with Gasteiger partial charge in [-0.05, 0) is 13.8 Å². The van der Waals surface area contributed by atoms with Crippen LogP contribution in [0.3, 0.4) is 0 Å². The van der Waals surface area contributed by atoms with Crippen LogP contribution < -0.4 is 5.73 Å². The molecule has 4 rings (SSSR count). The van der Waals surface area contributed by atoms with Crippen molar-refractivity contribution in [1.82, 2.24) is 14.5 Å². The lowest BCUT2D eigenvalue weighted by Gasteiger charge is -2.24. The maximum Gasteiger partial charge on any atom is 0.185 e. The van der Waals surface area contributed by atoms with Crippen molar-refractivity contribution in [3.05, 3.63) is 18.3 Å². The first kappa shape index (κ1) is 17.7. The SMILES string of the molecule is CC(=O)SC[C@H]1O[C@@H](n2cc(F)c3c(N)ncnc32)[C@@H]2OC(C)(C)O[C@@H]21. The van der Waals surface area contributed by atoms with Gasteiger partial charge in [0.15, 0.2) is 28.6 Å². The normalized spacial score (nSPS) is 30.0. The fourth-order valence-corrected chi connectivity index (χ4v) is 4.14. The number of ether oxygens (including phenoxy) is 3. The molecule has 2 N–H and O–H groups in total. The van der Waals surface area contributed by atoms with Gasteiger partial charge in [0.1, 0.15) is 24.4 Å². The number of hydrogen-bond acceptors (Lipinski definition) is 8. The predicted molar refractivity (Wildman–Crippen MR) is 92.8 cm³/mol. The minimum atomic E-state index is -0.800. The minimum absolute atomic E-state index is 0.00949. The number of nitrogen functional groups attached to an aromatic ring is 1. The number of carbonyl (C=O) groups excluding carboxylic acids is 1. The Morgan fingerprint density at radius 3 is 2.85 bits per heavy atom. The van der Waals surface area contributed by atoms with Crippen LogP contribution in [0, 0.1) is 5.82 Å². The zero-order valence-corrected chi connectivity index (χ0v) is 15.3. The molecule has 0 bridgehead atoms. The Balaban J connectivity index is 1.72. The molecule has 0 unspecified atom stereocenters. The lowest BCUT2D eigenvalue weighted by Crippen LogP contribution is -2.31. The molecule has 2 saturated heterocycles. The van der Waals surface area contributed by atoms with E-state index in [9.17, 15) is 9.18 Å². The molecule has 10 heteroatoms. The summed E-state index contributed by atoms with van der Waals surface area (Å²) in [5.41, 5.74) is 6.11. The molecule has 26 heavy (non-hydrogen) atoms. The standard InChI is InChI=1S/C16H19FN4O4S/c1-7(22)26-5-9-11-12(25-16(2,3)24-11)15(23-9)21-4-8(17)10-13(18)19-6-20-14(10)21/h4,6,9,11-12,15H,5H2,1-3H3,(H2,18,19,20)/t9-,11-,12-,15-/m1/s1. The lowest BCUT2D eigenvalue weighted by molar-refractivity contribution is -0.193. The first-order chi connectivity index (χ1) is 12.3. The highest BCUT2D eigenvalue weighted by Gasteiger charge is 2.56. The molecule has 0 aromatic carbocycles. The highest BCUT2D eigenvalue weighted by Crippen LogP contribution is 2.45. The van der Waals surface area contributed by atoms with Gasteiger partial charge in [0.25, 0.3) is 0 Å². The van der Waals surface area contributed by atoms with E-state index in [1.54, 1.807) is 4.57 Å². The number of fused-ring (bicyclic) bond motifs is 2. The van der Waals surface area contributed by atoms with Gasteiger partial charge < -0.3 is 24.5 Å². The molecule has 140 valence electrons. The second-order valence-electron chi connectivity index (χ2n) is 6.77. The van der Waals surface area contributed by atoms with Gasteiger partial charge in [0.05, 0.1) is 11.5 Å². The van der Waals surface area contributed by atoms with Crippen LogP contribution in [0.2, 0.25) is 0 Å². The summed E-state index contributed by atoms with van der Waals surface area (Å²) in [6.45, 7) is 5.12. The molecule has 0 radical (unpaired) electrons. The number of rotatable bonds is 3. The maximum atomic E-state index is 14.4. The van der Waals surface area contributed by atoms with E-state index in [1.165, 1.54) is 19.4 Å². The average Bonchev–Trinajstić information content (AvgIpc) is 3.15. The van der Waals surface area contributed by atoms with Crippen molar-refractivity contribution in [1.29, 1.82) is 0 Å². The van der Waals surface area contributed by atoms with Crippen LogP contribution >= 0.6 is 11.8 Å². The monoisotopic (exact) mass is 382 g/mol. The number of thioether (sulfide) groups is 1. The van der Waals surface area contributed by atoms with Crippen molar-refractivity contribution < 1.29 is 23.4 Å². The molecular weight excluding hydrogens is 363 g/mol. The summed E-state index contributed by atoms with van der Waals surface area (Å²) < 4.78 is 34.0. The van der Waals surface area contributed by atoms with E-state index in [0.29, 0.717) is 11.4 Å². The summed E-state index contributed by atoms with van der Waals surface area (Å²) in [5.74, 6) is -0.844. The van der Waals surface area contributed by atoms with E-state index in [2.05, 4.69) is 9.97 Å². The average molecular weight is 382 g/mol. The van der Waals surface area contributed by atoms with Gasteiger partial charge in [-0.15, -0.1) is 0 Å². The van der Waals surface area contributed by atoms with Crippen molar-refractivity contribution in [3.63, 3.8) is 0 Å². The smallest absolute Gasteiger partial charge is 0.185 e. The third-order valence-corrected chi connectivity index (χ3v) is 5.34. The molecule has 2 fully saturated rings. The zero-order chi connectivity index (χ0) is 18.6. The molecule has 4 atom stereocenters. The largest absolute Gasteiger partial charge is 0.383 e. The molecule has 2 aliphatic rings. The van der Waals surface area contributed by atoms with Crippen LogP contribution in [0.4, 0.5) is 10.2 Å². The molecule has 0 aliphatic carbocycles. The zero-order valence-electron chi connectivity index (χ0n) is 14.5. The number of carbonyl (C=O) groups is 1. The number of anilines is 1. The quantitative estimate of drug-likeness (QED) is 0.858. The van der Waals surface area contributed by atoms with Crippen LogP contribution in [0.5, 0.6) is 0 Å². The summed E-state index contributed by atoms with van der Waals surface area (Å²) in [5, 5.41) is 0.136. The van der Waals surface area contributed by atoms with E-state index < -0.39 is 23.9 Å². The molecule has 0 amide bonds. The Hall–Kier alpha value is -1.75. The molecular formula is C16H19FN4O4S. The summed E-state index contributed by atoms with van der Waals surface area (Å²) >= 11 is 1.16. The van der Waals surface area contributed by atoms with Gasteiger partial charge in [-0.25, -0.2) is 14.4 Å². The Kier molecular flexibility index (Phi) is 4.18. The topological polar surface area (TPSA) is 101 Å². The Morgan fingerprint density at radius 1 is 1.38 bits per heavy atom. The second kappa shape index (κ2) is 6.15. The van der Waals surface area contributed by atoms with Crippen molar-refractivity contribution >= 4 is 33.7 Å². The summed E-state index contributed by atoms with van der Waals surface area (Å²) in [4.78, 5) is 19.3. The van der Waals surface area contributed by atoms with Gasteiger partial charge in [-0.1, -0.05) is 11.8 Å². The number of nitrogens with zero attached hydrogens (tertiary/aromatic N) is 3. The van der Waals surface area contributed by atoms with Gasteiger partial charge >= 0.3 is 0 Å². The number of nitrogens with two attached hydrogens (primary N) is 1. The fourth-order valence-electron chi connectivity index (χ4n) is 3.47. The maximum absolute atomic E-state index is 14.4. The van der Waals surface area contributed by atoms with Crippen molar-refractivity contribution in [2.45, 2.75) is 51.1 Å². The molecule has 0 spiro atoms. The van der Waals surface area contributed by atoms with Crippen molar-refractivity contribution in [3.8, 4) is 0 Å². The van der Waals surface area contributed by atoms with Crippen LogP contribution in [0.15, 0.2) is 12.5 Å². The van der Waals surface area contributed by atoms with Gasteiger partial charge in [-0.2, -0.15) is 0 Å². The summed E-state index contributed by atoms with van der Waals surface area (Å²) in [7, 11) is 0. The molecule has 2 aliphatic heterocycles. The number of hydrogen-bond donors (Lipinski definition) is 1. The Morgan fingerprint density at radius 2 is 2.12 bits per heavy atom. The van der Waals surface area contributed by atoms with Gasteiger partial charge in [0, 0.05) is 18.9 Å². The van der Waals surface area contributed by atoms with E-state index >= 15 is 0 Å². The number of halogens is 1. The molecule has 0 saturated carbocycles.